The average molecular weight is 472 g/mol. The number of aromatic hydroxyl groups is 1. The first kappa shape index (κ1) is 21.9. The van der Waals surface area contributed by atoms with E-state index in [9.17, 15) is 9.90 Å². The molecule has 1 unspecified atom stereocenters. The number of hydrogen-bond acceptors (Lipinski definition) is 7. The molecule has 174 valence electrons. The molecule has 8 nitrogen and oxygen atoms in total. The fraction of sp³-hybridized carbons (Fsp3) is 0.417. The number of carbonyl (C=O) groups is 1. The van der Waals surface area contributed by atoms with Crippen molar-refractivity contribution in [1.29, 1.82) is 0 Å². The number of aliphatic imine (C=N–C) groups is 1. The van der Waals surface area contributed by atoms with Gasteiger partial charge in [-0.1, -0.05) is 11.6 Å². The maximum Gasteiger partial charge on any atom is 0.409 e. The highest BCUT2D eigenvalue weighted by Crippen LogP contribution is 2.40. The third-order valence-electron chi connectivity index (χ3n) is 6.38. The number of rotatable bonds is 3. The number of nitrogens with zero attached hydrogens (tertiary/aromatic N) is 2. The summed E-state index contributed by atoms with van der Waals surface area (Å²) in [5.41, 5.74) is 2.00. The van der Waals surface area contributed by atoms with E-state index in [2.05, 4.69) is 5.32 Å². The molecule has 1 atom stereocenters. The molecule has 3 heterocycles. The summed E-state index contributed by atoms with van der Waals surface area (Å²) in [6, 6.07) is 10.7. The van der Waals surface area contributed by atoms with Gasteiger partial charge in [0.2, 0.25) is 6.79 Å². The first-order chi connectivity index (χ1) is 16.0. The smallest absolute Gasteiger partial charge is 0.409 e. The van der Waals surface area contributed by atoms with Crippen molar-refractivity contribution in [2.24, 2.45) is 4.99 Å². The molecule has 0 aliphatic carbocycles. The Morgan fingerprint density at radius 3 is 2.82 bits per heavy atom. The van der Waals surface area contributed by atoms with Gasteiger partial charge < -0.3 is 24.2 Å². The van der Waals surface area contributed by atoms with E-state index in [0.29, 0.717) is 49.7 Å². The maximum absolute atomic E-state index is 12.2. The number of benzene rings is 2. The van der Waals surface area contributed by atoms with Gasteiger partial charge in [0, 0.05) is 54.7 Å². The van der Waals surface area contributed by atoms with Gasteiger partial charge in [-0.3, -0.25) is 10.3 Å². The summed E-state index contributed by atoms with van der Waals surface area (Å²) in [5.74, 6) is 1.60. The molecule has 2 aromatic carbocycles. The minimum atomic E-state index is -0.577. The number of likely N-dealkylation sites (tertiary alicyclic amines) is 1. The number of nitrogens with one attached hydrogen (secondary N) is 1. The molecule has 33 heavy (non-hydrogen) atoms. The van der Waals surface area contributed by atoms with E-state index in [-0.39, 0.29) is 24.7 Å². The van der Waals surface area contributed by atoms with Crippen LogP contribution in [0, 0.1) is 0 Å². The van der Waals surface area contributed by atoms with Gasteiger partial charge in [-0.25, -0.2) is 4.79 Å². The molecular formula is C24H26ClN3O5. The summed E-state index contributed by atoms with van der Waals surface area (Å²) in [6.07, 6.45) is 1.51. The van der Waals surface area contributed by atoms with Gasteiger partial charge in [0.15, 0.2) is 11.5 Å². The van der Waals surface area contributed by atoms with Gasteiger partial charge in [0.1, 0.15) is 11.4 Å². The Labute approximate surface area is 197 Å². The second-order valence-corrected chi connectivity index (χ2v) is 8.88. The van der Waals surface area contributed by atoms with Crippen LogP contribution >= 0.6 is 11.6 Å². The summed E-state index contributed by atoms with van der Waals surface area (Å²) in [4.78, 5) is 19.1. The minimum Gasteiger partial charge on any atom is -0.508 e. The van der Waals surface area contributed by atoms with Crippen LogP contribution in [0.1, 0.15) is 43.4 Å². The number of ether oxygens (including phenoxy) is 3. The zero-order valence-corrected chi connectivity index (χ0v) is 19.1. The van der Waals surface area contributed by atoms with E-state index in [1.165, 1.54) is 0 Å². The Balaban J connectivity index is 1.48. The van der Waals surface area contributed by atoms with Gasteiger partial charge in [-0.05, 0) is 48.9 Å². The molecule has 9 heteroatoms. The van der Waals surface area contributed by atoms with Crippen molar-refractivity contribution >= 4 is 23.4 Å². The van der Waals surface area contributed by atoms with Crippen LogP contribution in [0.3, 0.4) is 0 Å². The fourth-order valence-corrected chi connectivity index (χ4v) is 4.87. The first-order valence-corrected chi connectivity index (χ1v) is 11.5. The number of phenolic OH excluding ortho intramolecular Hbond substituents is 1. The fourth-order valence-electron chi connectivity index (χ4n) is 4.69. The van der Waals surface area contributed by atoms with E-state index in [1.54, 1.807) is 30.0 Å². The van der Waals surface area contributed by atoms with Crippen LogP contribution in [0.25, 0.3) is 0 Å². The highest BCUT2D eigenvalue weighted by atomic mass is 35.5. The molecule has 1 fully saturated rings. The van der Waals surface area contributed by atoms with E-state index < -0.39 is 5.66 Å². The average Bonchev–Trinajstić information content (AvgIpc) is 3.29. The minimum absolute atomic E-state index is 0.183. The number of piperidine rings is 1. The SMILES string of the molecule is CCOC(=O)N1CCC2(CC1)N=C(c1ccc3c(c1)OCO3)CC(c1cc(Cl)ccc1O)N2. The zero-order chi connectivity index (χ0) is 23.0. The highest BCUT2D eigenvalue weighted by Gasteiger charge is 2.42. The molecule has 0 bridgehead atoms. The molecule has 5 rings (SSSR count). The molecule has 1 saturated heterocycles. The number of phenols is 1. The lowest BCUT2D eigenvalue weighted by Gasteiger charge is -2.45. The van der Waals surface area contributed by atoms with Gasteiger partial charge in [-0.2, -0.15) is 0 Å². The maximum atomic E-state index is 12.2. The third-order valence-corrected chi connectivity index (χ3v) is 6.61. The number of hydrogen-bond donors (Lipinski definition) is 2. The van der Waals surface area contributed by atoms with Crippen LogP contribution in [-0.4, -0.2) is 54.0 Å². The van der Waals surface area contributed by atoms with Crippen molar-refractivity contribution in [2.75, 3.05) is 26.5 Å². The van der Waals surface area contributed by atoms with Crippen molar-refractivity contribution in [3.63, 3.8) is 0 Å². The monoisotopic (exact) mass is 471 g/mol. The Morgan fingerprint density at radius 1 is 1.24 bits per heavy atom. The molecule has 2 aromatic rings. The quantitative estimate of drug-likeness (QED) is 0.695. The van der Waals surface area contributed by atoms with Crippen LogP contribution in [0.15, 0.2) is 41.4 Å². The van der Waals surface area contributed by atoms with Crippen LogP contribution < -0.4 is 14.8 Å². The normalized spacial score (nSPS) is 21.1. The number of carbonyl (C=O) groups excluding carboxylic acids is 1. The number of halogens is 1. The van der Waals surface area contributed by atoms with Crippen LogP contribution in [0.5, 0.6) is 17.2 Å². The second-order valence-electron chi connectivity index (χ2n) is 8.45. The van der Waals surface area contributed by atoms with Crippen LogP contribution in [0.4, 0.5) is 4.79 Å². The number of fused-ring (bicyclic) bond motifs is 1. The molecule has 2 N–H and O–H groups in total. The lowest BCUT2D eigenvalue weighted by atomic mass is 9.87. The van der Waals surface area contributed by atoms with Gasteiger partial charge >= 0.3 is 6.09 Å². The lowest BCUT2D eigenvalue weighted by molar-refractivity contribution is 0.0778. The lowest BCUT2D eigenvalue weighted by Crippen LogP contribution is -2.56. The summed E-state index contributed by atoms with van der Waals surface area (Å²) in [5, 5.41) is 14.8. The molecule has 0 saturated carbocycles. The third kappa shape index (κ3) is 4.32. The first-order valence-electron chi connectivity index (χ1n) is 11.1. The standard InChI is InChI=1S/C24H26ClN3O5/c1-2-31-23(30)28-9-7-24(8-10-28)26-18(15-3-6-21-22(11-15)33-14-32-21)13-19(27-24)17-12-16(25)4-5-20(17)29/h3-6,11-12,19,27,29H,2,7-10,13-14H2,1H3. The Bertz CT molecular complexity index is 1100. The summed E-state index contributed by atoms with van der Waals surface area (Å²) >= 11 is 6.26. The predicted octanol–water partition coefficient (Wildman–Crippen LogP) is 4.25. The Morgan fingerprint density at radius 2 is 2.03 bits per heavy atom. The Hall–Kier alpha value is -2.97. The van der Waals surface area contributed by atoms with E-state index in [1.807, 2.05) is 18.2 Å². The number of amides is 1. The predicted molar refractivity (Wildman–Crippen MR) is 123 cm³/mol. The van der Waals surface area contributed by atoms with Crippen molar-refractivity contribution in [3.8, 4) is 17.2 Å². The van der Waals surface area contributed by atoms with Crippen molar-refractivity contribution in [3.05, 3.63) is 52.5 Å². The van der Waals surface area contributed by atoms with Crippen molar-refractivity contribution in [1.82, 2.24) is 10.2 Å². The molecule has 3 aliphatic heterocycles. The largest absolute Gasteiger partial charge is 0.508 e. The summed E-state index contributed by atoms with van der Waals surface area (Å²) in [7, 11) is 0. The molecular weight excluding hydrogens is 446 g/mol. The summed E-state index contributed by atoms with van der Waals surface area (Å²) in [6.45, 7) is 3.41. The molecule has 1 spiro atoms. The van der Waals surface area contributed by atoms with E-state index in [0.717, 1.165) is 22.6 Å². The molecule has 1 amide bonds. The van der Waals surface area contributed by atoms with Crippen LogP contribution in [-0.2, 0) is 4.74 Å². The highest BCUT2D eigenvalue weighted by molar-refractivity contribution is 6.30. The Kier molecular flexibility index (Phi) is 5.80. The van der Waals surface area contributed by atoms with Crippen molar-refractivity contribution in [2.45, 2.75) is 37.9 Å². The van der Waals surface area contributed by atoms with E-state index in [4.69, 9.17) is 30.8 Å². The molecule has 0 aromatic heterocycles. The van der Waals surface area contributed by atoms with Gasteiger partial charge in [0.25, 0.3) is 0 Å². The molecule has 3 aliphatic rings. The van der Waals surface area contributed by atoms with E-state index >= 15 is 0 Å². The van der Waals surface area contributed by atoms with Crippen LogP contribution in [0.2, 0.25) is 5.02 Å². The topological polar surface area (TPSA) is 92.6 Å². The van der Waals surface area contributed by atoms with Gasteiger partial charge in [0.05, 0.1) is 6.61 Å². The van der Waals surface area contributed by atoms with Gasteiger partial charge in [-0.15, -0.1) is 0 Å². The van der Waals surface area contributed by atoms with Crippen molar-refractivity contribution < 1.29 is 24.1 Å². The zero-order valence-electron chi connectivity index (χ0n) is 18.3. The second kappa shape index (κ2) is 8.76. The summed E-state index contributed by atoms with van der Waals surface area (Å²) < 4.78 is 16.2. The molecule has 0 radical (unpaired) electrons.